The van der Waals surface area contributed by atoms with E-state index in [-0.39, 0.29) is 11.9 Å². The van der Waals surface area contributed by atoms with Crippen molar-refractivity contribution in [1.82, 2.24) is 0 Å². The molecule has 0 aromatic rings. The lowest BCUT2D eigenvalue weighted by Crippen LogP contribution is -2.11. The van der Waals surface area contributed by atoms with Crippen LogP contribution < -0.4 is 0 Å². The monoisotopic (exact) mass is 256 g/mol. The van der Waals surface area contributed by atoms with Gasteiger partial charge in [-0.05, 0) is 12.8 Å². The van der Waals surface area contributed by atoms with E-state index in [1.54, 1.807) is 0 Å². The summed E-state index contributed by atoms with van der Waals surface area (Å²) in [6, 6.07) is 0. The van der Waals surface area contributed by atoms with Gasteiger partial charge < -0.3 is 4.74 Å². The highest BCUT2D eigenvalue weighted by molar-refractivity contribution is 5.85. The Morgan fingerprint density at radius 2 is 1.06 bits per heavy atom. The number of hydrogen-bond donors (Lipinski definition) is 0. The standard InChI is InChI=1S/C15H28O3/c1-3-5-7-8-9-11-13-15(17)18-14(16)12-10-6-4-2/h3-13H2,1-2H3. The van der Waals surface area contributed by atoms with Gasteiger partial charge in [-0.2, -0.15) is 0 Å². The maximum Gasteiger partial charge on any atom is 0.313 e. The third kappa shape index (κ3) is 11.6. The first kappa shape index (κ1) is 17.1. The van der Waals surface area contributed by atoms with Crippen molar-refractivity contribution in [2.75, 3.05) is 0 Å². The van der Waals surface area contributed by atoms with Gasteiger partial charge in [0.15, 0.2) is 0 Å². The second-order valence-electron chi connectivity index (χ2n) is 4.82. The zero-order valence-electron chi connectivity index (χ0n) is 12.0. The van der Waals surface area contributed by atoms with E-state index in [0.29, 0.717) is 12.8 Å². The third-order valence-electron chi connectivity index (χ3n) is 2.95. The number of carbonyl (C=O) groups is 2. The summed E-state index contributed by atoms with van der Waals surface area (Å²) in [6.45, 7) is 4.26. The van der Waals surface area contributed by atoms with Gasteiger partial charge in [0.25, 0.3) is 0 Å². The normalized spacial score (nSPS) is 10.3. The molecule has 0 heterocycles. The zero-order chi connectivity index (χ0) is 13.6. The predicted molar refractivity (Wildman–Crippen MR) is 73.2 cm³/mol. The van der Waals surface area contributed by atoms with Gasteiger partial charge in [-0.15, -0.1) is 0 Å². The van der Waals surface area contributed by atoms with E-state index in [1.165, 1.54) is 25.7 Å². The van der Waals surface area contributed by atoms with Crippen molar-refractivity contribution in [2.24, 2.45) is 0 Å². The summed E-state index contributed by atoms with van der Waals surface area (Å²) in [5, 5.41) is 0. The molecule has 0 unspecified atom stereocenters. The summed E-state index contributed by atoms with van der Waals surface area (Å²) >= 11 is 0. The van der Waals surface area contributed by atoms with Gasteiger partial charge in [-0.25, -0.2) is 0 Å². The average molecular weight is 256 g/mol. The molecule has 0 bridgehead atoms. The summed E-state index contributed by atoms with van der Waals surface area (Å²) in [5.74, 6) is -0.716. The highest BCUT2D eigenvalue weighted by atomic mass is 16.6. The van der Waals surface area contributed by atoms with E-state index in [1.807, 2.05) is 0 Å². The van der Waals surface area contributed by atoms with Crippen LogP contribution in [0.1, 0.15) is 84.5 Å². The van der Waals surface area contributed by atoms with Gasteiger partial charge in [0.1, 0.15) is 0 Å². The lowest BCUT2D eigenvalue weighted by atomic mass is 10.1. The van der Waals surface area contributed by atoms with E-state index >= 15 is 0 Å². The lowest BCUT2D eigenvalue weighted by Gasteiger charge is -2.03. The lowest BCUT2D eigenvalue weighted by molar-refractivity contribution is -0.159. The Kier molecular flexibility index (Phi) is 12.0. The van der Waals surface area contributed by atoms with Gasteiger partial charge in [0, 0.05) is 12.8 Å². The molecule has 3 nitrogen and oxygen atoms in total. The predicted octanol–water partition coefficient (Wildman–Crippen LogP) is 4.39. The van der Waals surface area contributed by atoms with Crippen LogP contribution in [0.3, 0.4) is 0 Å². The molecule has 3 heteroatoms. The number of ether oxygens (including phenoxy) is 1. The van der Waals surface area contributed by atoms with Gasteiger partial charge in [-0.3, -0.25) is 9.59 Å². The van der Waals surface area contributed by atoms with Crippen molar-refractivity contribution in [3.05, 3.63) is 0 Å². The molecule has 0 spiro atoms. The van der Waals surface area contributed by atoms with Crippen LogP contribution in [0.5, 0.6) is 0 Å². The highest BCUT2D eigenvalue weighted by Gasteiger charge is 2.09. The molecule has 106 valence electrons. The number of esters is 2. The maximum atomic E-state index is 11.3. The second-order valence-corrected chi connectivity index (χ2v) is 4.82. The molecule has 0 amide bonds. The summed E-state index contributed by atoms with van der Waals surface area (Å²) in [7, 11) is 0. The maximum absolute atomic E-state index is 11.3. The molecule has 0 aliphatic heterocycles. The minimum absolute atomic E-state index is 0.355. The van der Waals surface area contributed by atoms with Crippen LogP contribution in [0.2, 0.25) is 0 Å². The molecule has 0 aromatic heterocycles. The first-order valence-corrected chi connectivity index (χ1v) is 7.44. The topological polar surface area (TPSA) is 43.4 Å². The fraction of sp³-hybridized carbons (Fsp3) is 0.867. The Balaban J connectivity index is 3.38. The summed E-state index contributed by atoms with van der Waals surface area (Å²) < 4.78 is 4.75. The Hall–Kier alpha value is -0.860. The number of rotatable bonds is 11. The summed E-state index contributed by atoms with van der Waals surface area (Å²) in [6.07, 6.45) is 10.5. The van der Waals surface area contributed by atoms with E-state index in [2.05, 4.69) is 13.8 Å². The van der Waals surface area contributed by atoms with Crippen LogP contribution in [0.15, 0.2) is 0 Å². The third-order valence-corrected chi connectivity index (χ3v) is 2.95. The first-order valence-electron chi connectivity index (χ1n) is 7.44. The van der Waals surface area contributed by atoms with Crippen molar-refractivity contribution < 1.29 is 14.3 Å². The molecule has 0 aliphatic carbocycles. The fourth-order valence-corrected chi connectivity index (χ4v) is 1.80. The fourth-order valence-electron chi connectivity index (χ4n) is 1.80. The van der Waals surface area contributed by atoms with Gasteiger partial charge in [0.2, 0.25) is 0 Å². The molecule has 0 atom stereocenters. The van der Waals surface area contributed by atoms with E-state index in [9.17, 15) is 9.59 Å². The molecule has 18 heavy (non-hydrogen) atoms. The van der Waals surface area contributed by atoms with Crippen molar-refractivity contribution in [3.8, 4) is 0 Å². The van der Waals surface area contributed by atoms with Gasteiger partial charge >= 0.3 is 11.9 Å². The number of unbranched alkanes of at least 4 members (excludes halogenated alkanes) is 7. The van der Waals surface area contributed by atoms with Crippen LogP contribution in [0.25, 0.3) is 0 Å². The molecular weight excluding hydrogens is 228 g/mol. The number of hydrogen-bond acceptors (Lipinski definition) is 3. The Morgan fingerprint density at radius 1 is 0.667 bits per heavy atom. The molecule has 0 radical (unpaired) electrons. The van der Waals surface area contributed by atoms with Crippen LogP contribution >= 0.6 is 0 Å². The average Bonchev–Trinajstić information content (AvgIpc) is 2.34. The molecule has 0 fully saturated rings. The molecule has 0 saturated carbocycles. The van der Waals surface area contributed by atoms with Crippen molar-refractivity contribution in [1.29, 1.82) is 0 Å². The van der Waals surface area contributed by atoms with E-state index < -0.39 is 0 Å². The summed E-state index contributed by atoms with van der Waals surface area (Å²) in [4.78, 5) is 22.6. The Labute approximate surface area is 111 Å². The van der Waals surface area contributed by atoms with Crippen LogP contribution in [-0.2, 0) is 14.3 Å². The van der Waals surface area contributed by atoms with Crippen LogP contribution in [0, 0.1) is 0 Å². The molecular formula is C15H28O3. The van der Waals surface area contributed by atoms with Crippen LogP contribution in [0.4, 0.5) is 0 Å². The molecule has 0 saturated heterocycles. The Bertz CT molecular complexity index is 224. The van der Waals surface area contributed by atoms with Crippen LogP contribution in [-0.4, -0.2) is 11.9 Å². The molecule has 0 N–H and O–H groups in total. The quantitative estimate of drug-likeness (QED) is 0.313. The van der Waals surface area contributed by atoms with Crippen molar-refractivity contribution >= 4 is 11.9 Å². The minimum Gasteiger partial charge on any atom is -0.393 e. The number of carbonyl (C=O) groups excluding carboxylic acids is 2. The van der Waals surface area contributed by atoms with Gasteiger partial charge in [0.05, 0.1) is 0 Å². The largest absolute Gasteiger partial charge is 0.393 e. The zero-order valence-corrected chi connectivity index (χ0v) is 12.0. The molecule has 0 rings (SSSR count). The highest BCUT2D eigenvalue weighted by Crippen LogP contribution is 2.08. The molecule has 0 aromatic carbocycles. The first-order chi connectivity index (χ1) is 8.70. The minimum atomic E-state index is -0.362. The SMILES string of the molecule is CCCCCCCCC(=O)OC(=O)CCCCC. The van der Waals surface area contributed by atoms with Crippen molar-refractivity contribution in [2.45, 2.75) is 84.5 Å². The van der Waals surface area contributed by atoms with Gasteiger partial charge in [-0.1, -0.05) is 58.8 Å². The second kappa shape index (κ2) is 12.6. The van der Waals surface area contributed by atoms with Crippen molar-refractivity contribution in [3.63, 3.8) is 0 Å². The van der Waals surface area contributed by atoms with E-state index in [0.717, 1.165) is 32.1 Å². The van der Waals surface area contributed by atoms with E-state index in [4.69, 9.17) is 4.74 Å². The molecule has 0 aliphatic rings. The smallest absolute Gasteiger partial charge is 0.313 e. The summed E-state index contributed by atoms with van der Waals surface area (Å²) in [5.41, 5.74) is 0. The Morgan fingerprint density at radius 3 is 1.61 bits per heavy atom.